The summed E-state index contributed by atoms with van der Waals surface area (Å²) >= 11 is 0. The molecule has 0 aliphatic heterocycles. The fourth-order valence-corrected chi connectivity index (χ4v) is 2.04. The van der Waals surface area contributed by atoms with Crippen molar-refractivity contribution >= 4 is 11.7 Å². The van der Waals surface area contributed by atoms with Crippen molar-refractivity contribution in [3.8, 4) is 0 Å². The van der Waals surface area contributed by atoms with Crippen LogP contribution < -0.4 is 10.6 Å². The zero-order chi connectivity index (χ0) is 13.7. The van der Waals surface area contributed by atoms with Crippen LogP contribution in [0.5, 0.6) is 0 Å². The molecule has 0 fully saturated rings. The second-order valence-corrected chi connectivity index (χ2v) is 4.58. The lowest BCUT2D eigenvalue weighted by molar-refractivity contribution is 0.372. The highest BCUT2D eigenvalue weighted by molar-refractivity contribution is 5.99. The Kier molecular flexibility index (Phi) is 5.03. The molecule has 6 nitrogen and oxygen atoms in total. The summed E-state index contributed by atoms with van der Waals surface area (Å²) in [5.41, 5.74) is 6.22. The summed E-state index contributed by atoms with van der Waals surface area (Å²) in [4.78, 5) is 4.24. The Morgan fingerprint density at radius 3 is 2.67 bits per heavy atom. The molecule has 1 unspecified atom stereocenters. The van der Waals surface area contributed by atoms with Gasteiger partial charge in [-0.25, -0.2) is 0 Å². The smallest absolute Gasteiger partial charge is 0.162 e. The number of nitrogen functional groups attached to an aromatic ring is 1. The van der Waals surface area contributed by atoms with Crippen molar-refractivity contribution in [2.24, 2.45) is 5.73 Å². The van der Waals surface area contributed by atoms with E-state index in [1.54, 1.807) is 12.3 Å². The lowest BCUT2D eigenvalue weighted by Gasteiger charge is -2.31. The topological polar surface area (TPSA) is 82.1 Å². The summed E-state index contributed by atoms with van der Waals surface area (Å²) in [5.74, 6) is 0.706. The predicted octanol–water partition coefficient (Wildman–Crippen LogP) is 0.537. The zero-order valence-corrected chi connectivity index (χ0v) is 11.5. The Morgan fingerprint density at radius 1 is 1.50 bits per heavy atom. The summed E-state index contributed by atoms with van der Waals surface area (Å²) in [6.45, 7) is 5.89. The van der Waals surface area contributed by atoms with Crippen LogP contribution in [-0.4, -0.2) is 54.2 Å². The quantitative estimate of drug-likeness (QED) is 0.569. The van der Waals surface area contributed by atoms with Crippen LogP contribution in [0.25, 0.3) is 0 Å². The minimum Gasteiger partial charge on any atom is -0.384 e. The SMILES string of the molecule is CCN(c1nnccc1C(=N)N)C(C)CN(C)C. The Labute approximate surface area is 108 Å². The first-order valence-corrected chi connectivity index (χ1v) is 6.04. The number of amidine groups is 1. The number of likely N-dealkylation sites (N-methyl/N-ethyl adjacent to an activating group) is 2. The molecule has 0 spiro atoms. The molecule has 0 aromatic carbocycles. The van der Waals surface area contributed by atoms with Gasteiger partial charge < -0.3 is 15.5 Å². The fraction of sp³-hybridized carbons (Fsp3) is 0.583. The number of hydrogen-bond donors (Lipinski definition) is 2. The van der Waals surface area contributed by atoms with Gasteiger partial charge in [0.15, 0.2) is 5.82 Å². The molecule has 6 heteroatoms. The van der Waals surface area contributed by atoms with Crippen LogP contribution in [0.2, 0.25) is 0 Å². The molecular weight excluding hydrogens is 228 g/mol. The Hall–Kier alpha value is -1.69. The standard InChI is InChI=1S/C12H22N6/c1-5-18(9(2)8-17(3)4)12-10(11(13)14)6-7-15-16-12/h6-7,9H,5,8H2,1-4H3,(H3,13,14). The molecule has 1 aromatic heterocycles. The van der Waals surface area contributed by atoms with Crippen molar-refractivity contribution in [2.45, 2.75) is 19.9 Å². The molecule has 1 heterocycles. The second kappa shape index (κ2) is 6.30. The van der Waals surface area contributed by atoms with Gasteiger partial charge in [0.1, 0.15) is 5.84 Å². The maximum Gasteiger partial charge on any atom is 0.162 e. The number of nitrogens with zero attached hydrogens (tertiary/aromatic N) is 4. The number of hydrogen-bond acceptors (Lipinski definition) is 5. The van der Waals surface area contributed by atoms with Crippen molar-refractivity contribution in [2.75, 3.05) is 32.1 Å². The molecule has 1 aromatic rings. The summed E-state index contributed by atoms with van der Waals surface area (Å²) < 4.78 is 0. The van der Waals surface area contributed by atoms with Gasteiger partial charge in [0.25, 0.3) is 0 Å². The van der Waals surface area contributed by atoms with Gasteiger partial charge in [0, 0.05) is 19.1 Å². The van der Waals surface area contributed by atoms with Crippen LogP contribution >= 0.6 is 0 Å². The van der Waals surface area contributed by atoms with E-state index in [0.29, 0.717) is 11.4 Å². The first kappa shape index (κ1) is 14.4. The molecule has 0 aliphatic carbocycles. The van der Waals surface area contributed by atoms with Crippen molar-refractivity contribution in [3.05, 3.63) is 17.8 Å². The molecule has 0 amide bonds. The van der Waals surface area contributed by atoms with Crippen molar-refractivity contribution in [1.29, 1.82) is 5.41 Å². The van der Waals surface area contributed by atoms with Crippen molar-refractivity contribution in [1.82, 2.24) is 15.1 Å². The summed E-state index contributed by atoms with van der Waals surface area (Å²) in [6, 6.07) is 2.01. The third-order valence-electron chi connectivity index (χ3n) is 2.77. The van der Waals surface area contributed by atoms with Crippen LogP contribution in [0, 0.1) is 5.41 Å². The fourth-order valence-electron chi connectivity index (χ4n) is 2.04. The largest absolute Gasteiger partial charge is 0.384 e. The Morgan fingerprint density at radius 2 is 2.17 bits per heavy atom. The number of nitrogens with two attached hydrogens (primary N) is 1. The number of rotatable bonds is 6. The number of aromatic nitrogens is 2. The third kappa shape index (κ3) is 3.40. The second-order valence-electron chi connectivity index (χ2n) is 4.58. The highest BCUT2D eigenvalue weighted by Gasteiger charge is 2.19. The average Bonchev–Trinajstić information content (AvgIpc) is 2.29. The predicted molar refractivity (Wildman–Crippen MR) is 74.1 cm³/mol. The van der Waals surface area contributed by atoms with Crippen molar-refractivity contribution < 1.29 is 0 Å². The maximum absolute atomic E-state index is 7.60. The summed E-state index contributed by atoms with van der Waals surface area (Å²) in [7, 11) is 4.07. The molecule has 0 aliphatic rings. The molecule has 0 bridgehead atoms. The van der Waals surface area contributed by atoms with Crippen LogP contribution in [0.15, 0.2) is 12.3 Å². The summed E-state index contributed by atoms with van der Waals surface area (Å²) in [5, 5.41) is 15.6. The van der Waals surface area contributed by atoms with Gasteiger partial charge in [-0.05, 0) is 34.0 Å². The first-order valence-electron chi connectivity index (χ1n) is 6.04. The van der Waals surface area contributed by atoms with E-state index in [9.17, 15) is 0 Å². The molecule has 0 saturated heterocycles. The minimum atomic E-state index is 0.0235. The van der Waals surface area contributed by atoms with Crippen LogP contribution in [-0.2, 0) is 0 Å². The highest BCUT2D eigenvalue weighted by atomic mass is 15.3. The van der Waals surface area contributed by atoms with E-state index in [4.69, 9.17) is 11.1 Å². The molecule has 0 saturated carbocycles. The molecule has 3 N–H and O–H groups in total. The molecule has 1 atom stereocenters. The lowest BCUT2D eigenvalue weighted by atomic mass is 10.2. The monoisotopic (exact) mass is 250 g/mol. The van der Waals surface area contributed by atoms with Crippen molar-refractivity contribution in [3.63, 3.8) is 0 Å². The minimum absolute atomic E-state index is 0.0235. The molecule has 18 heavy (non-hydrogen) atoms. The van der Waals surface area contributed by atoms with Gasteiger partial charge in [0.05, 0.1) is 11.8 Å². The van der Waals surface area contributed by atoms with Gasteiger partial charge >= 0.3 is 0 Å². The van der Waals surface area contributed by atoms with E-state index < -0.39 is 0 Å². The molecule has 0 radical (unpaired) electrons. The van der Waals surface area contributed by atoms with E-state index in [-0.39, 0.29) is 11.9 Å². The van der Waals surface area contributed by atoms with Gasteiger partial charge in [-0.3, -0.25) is 5.41 Å². The van der Waals surface area contributed by atoms with Gasteiger partial charge in [-0.2, -0.15) is 5.10 Å². The van der Waals surface area contributed by atoms with Crippen LogP contribution in [0.4, 0.5) is 5.82 Å². The van der Waals surface area contributed by atoms with E-state index in [0.717, 1.165) is 13.1 Å². The molecule has 100 valence electrons. The van der Waals surface area contributed by atoms with E-state index in [1.165, 1.54) is 0 Å². The van der Waals surface area contributed by atoms with Gasteiger partial charge in [0.2, 0.25) is 0 Å². The van der Waals surface area contributed by atoms with Crippen LogP contribution in [0.3, 0.4) is 0 Å². The van der Waals surface area contributed by atoms with Crippen LogP contribution in [0.1, 0.15) is 19.4 Å². The van der Waals surface area contributed by atoms with Gasteiger partial charge in [-0.15, -0.1) is 5.10 Å². The Balaban J connectivity index is 3.05. The third-order valence-corrected chi connectivity index (χ3v) is 2.77. The lowest BCUT2D eigenvalue weighted by Crippen LogP contribution is -2.41. The number of nitrogens with one attached hydrogen (secondary N) is 1. The van der Waals surface area contributed by atoms with E-state index in [2.05, 4.69) is 33.8 Å². The normalized spacial score (nSPS) is 12.5. The molecule has 1 rings (SSSR count). The first-order chi connectivity index (χ1) is 8.47. The number of anilines is 1. The Bertz CT molecular complexity index is 403. The van der Waals surface area contributed by atoms with E-state index >= 15 is 0 Å². The molecular formula is C12H22N6. The maximum atomic E-state index is 7.60. The van der Waals surface area contributed by atoms with Gasteiger partial charge in [-0.1, -0.05) is 0 Å². The zero-order valence-electron chi connectivity index (χ0n) is 11.5. The highest BCUT2D eigenvalue weighted by Crippen LogP contribution is 2.18. The average molecular weight is 250 g/mol. The summed E-state index contributed by atoms with van der Waals surface area (Å²) in [6.07, 6.45) is 1.56. The van der Waals surface area contributed by atoms with E-state index in [1.807, 2.05) is 14.1 Å².